The van der Waals surface area contributed by atoms with Crippen LogP contribution in [0.15, 0.2) is 36.5 Å². The number of piperazine rings is 1. The monoisotopic (exact) mass is 492 g/mol. The number of nitrogen functional groups attached to an aromatic ring is 1. The third-order valence-corrected chi connectivity index (χ3v) is 6.07. The van der Waals surface area contributed by atoms with Gasteiger partial charge in [0.05, 0.1) is 23.4 Å². The van der Waals surface area contributed by atoms with Crippen LogP contribution in [-0.4, -0.2) is 47.5 Å². The number of carbonyl (C=O) groups excluding carboxylic acids is 2. The number of aromatic nitrogens is 1. The highest BCUT2D eigenvalue weighted by Crippen LogP contribution is 2.38. The van der Waals surface area contributed by atoms with Gasteiger partial charge in [-0.2, -0.15) is 0 Å². The molecule has 178 valence electrons. The summed E-state index contributed by atoms with van der Waals surface area (Å²) in [6, 6.07) is 8.92. The van der Waals surface area contributed by atoms with Crippen molar-refractivity contribution in [2.24, 2.45) is 5.92 Å². The van der Waals surface area contributed by atoms with Crippen molar-refractivity contribution in [3.63, 3.8) is 0 Å². The number of benzene rings is 1. The summed E-state index contributed by atoms with van der Waals surface area (Å²) in [4.78, 5) is 33.5. The molecular weight excluding hydrogens is 463 g/mol. The Kier molecular flexibility index (Phi) is 8.43. The fraction of sp³-hybridized carbons (Fsp3) is 0.458. The zero-order valence-corrected chi connectivity index (χ0v) is 20.6. The number of amides is 1. The number of halogens is 2. The Morgan fingerprint density at radius 2 is 1.88 bits per heavy atom. The van der Waals surface area contributed by atoms with Crippen molar-refractivity contribution in [1.29, 1.82) is 0 Å². The van der Waals surface area contributed by atoms with Crippen molar-refractivity contribution in [1.82, 2.24) is 9.88 Å². The molecule has 1 amide bonds. The van der Waals surface area contributed by atoms with Gasteiger partial charge in [-0.3, -0.25) is 9.59 Å². The Morgan fingerprint density at radius 3 is 2.48 bits per heavy atom. The summed E-state index contributed by atoms with van der Waals surface area (Å²) < 4.78 is 4.99. The maximum absolute atomic E-state index is 13.0. The van der Waals surface area contributed by atoms with Crippen molar-refractivity contribution in [2.45, 2.75) is 45.7 Å². The first-order chi connectivity index (χ1) is 15.7. The van der Waals surface area contributed by atoms with Crippen LogP contribution < -0.4 is 10.6 Å². The van der Waals surface area contributed by atoms with Gasteiger partial charge in [0.15, 0.2) is 5.82 Å². The van der Waals surface area contributed by atoms with Crippen molar-refractivity contribution in [3.05, 3.63) is 52.1 Å². The molecule has 0 unspecified atom stereocenters. The van der Waals surface area contributed by atoms with E-state index in [2.05, 4.69) is 23.7 Å². The minimum Gasteiger partial charge on any atom is -0.466 e. The number of nitrogens with zero attached hydrogens (tertiary/aromatic N) is 3. The van der Waals surface area contributed by atoms with Crippen LogP contribution in [0, 0.1) is 5.92 Å². The Balaban J connectivity index is 2.03. The molecule has 0 spiro atoms. The molecule has 2 aromatic rings. The molecular formula is C24H30Cl2N4O3. The summed E-state index contributed by atoms with van der Waals surface area (Å²) in [5, 5.41) is 1.09. The molecule has 1 aliphatic heterocycles. The molecule has 1 saturated heterocycles. The molecule has 3 rings (SSSR count). The largest absolute Gasteiger partial charge is 0.466 e. The Bertz CT molecular complexity index is 984. The lowest BCUT2D eigenvalue weighted by Gasteiger charge is -2.48. The van der Waals surface area contributed by atoms with Crippen molar-refractivity contribution < 1.29 is 14.3 Å². The van der Waals surface area contributed by atoms with Crippen LogP contribution in [0.3, 0.4) is 0 Å². The lowest BCUT2D eigenvalue weighted by Crippen LogP contribution is -2.57. The molecule has 9 heteroatoms. The molecule has 1 aliphatic rings. The van der Waals surface area contributed by atoms with Gasteiger partial charge in [0.25, 0.3) is 0 Å². The molecule has 0 aliphatic carbocycles. The van der Waals surface area contributed by atoms with E-state index in [9.17, 15) is 9.59 Å². The summed E-state index contributed by atoms with van der Waals surface area (Å²) >= 11 is 12.2. The van der Waals surface area contributed by atoms with E-state index >= 15 is 0 Å². The highest BCUT2D eigenvalue weighted by atomic mass is 35.5. The summed E-state index contributed by atoms with van der Waals surface area (Å²) in [6.07, 6.45) is 2.10. The van der Waals surface area contributed by atoms with E-state index in [0.29, 0.717) is 40.6 Å². The second kappa shape index (κ2) is 11.1. The van der Waals surface area contributed by atoms with Crippen LogP contribution in [0.25, 0.3) is 0 Å². The third kappa shape index (κ3) is 6.30. The predicted molar refractivity (Wildman–Crippen MR) is 131 cm³/mol. The zero-order valence-electron chi connectivity index (χ0n) is 19.1. The van der Waals surface area contributed by atoms with Crippen LogP contribution in [0.4, 0.5) is 11.5 Å². The molecule has 33 heavy (non-hydrogen) atoms. The summed E-state index contributed by atoms with van der Waals surface area (Å²) in [5.74, 6) is 0.217. The maximum atomic E-state index is 13.0. The number of hydrogen-bond acceptors (Lipinski definition) is 6. The summed E-state index contributed by atoms with van der Waals surface area (Å²) in [6.45, 7) is 7.05. The third-order valence-electron chi connectivity index (χ3n) is 5.61. The van der Waals surface area contributed by atoms with Gasteiger partial charge >= 0.3 is 5.97 Å². The standard InChI is InChI=1S/C24H30Cl2N4O3/c1-4-33-23(32)11-22(31)29-13-19(9-15(2)3)30(24-20(27)10-18(26)12-28-24)21(14-29)16-5-7-17(25)8-6-16/h5-8,10,12,15,19,21H,4,9,11,13-14,27H2,1-3H3/t19-,21-/m0/s1. The Morgan fingerprint density at radius 1 is 1.18 bits per heavy atom. The van der Waals surface area contributed by atoms with E-state index < -0.39 is 5.97 Å². The molecule has 0 bridgehead atoms. The number of esters is 1. The van der Waals surface area contributed by atoms with Gasteiger partial charge in [0, 0.05) is 30.4 Å². The fourth-order valence-corrected chi connectivity index (χ4v) is 4.58. The molecule has 0 radical (unpaired) electrons. The van der Waals surface area contributed by atoms with Gasteiger partial charge in [0.2, 0.25) is 5.91 Å². The lowest BCUT2D eigenvalue weighted by molar-refractivity contribution is -0.149. The normalized spacial score (nSPS) is 18.5. The van der Waals surface area contributed by atoms with E-state index in [4.69, 9.17) is 33.7 Å². The highest BCUT2D eigenvalue weighted by molar-refractivity contribution is 6.31. The van der Waals surface area contributed by atoms with Crippen molar-refractivity contribution >= 4 is 46.6 Å². The number of ether oxygens (including phenoxy) is 1. The minimum atomic E-state index is -0.517. The fourth-order valence-electron chi connectivity index (χ4n) is 4.29. The molecule has 1 aromatic carbocycles. The first kappa shape index (κ1) is 25.1. The zero-order chi connectivity index (χ0) is 24.1. The SMILES string of the molecule is CCOC(=O)CC(=O)N1C[C@H](CC(C)C)N(c2ncc(Cl)cc2N)[C@H](c2ccc(Cl)cc2)C1. The molecule has 1 fully saturated rings. The smallest absolute Gasteiger partial charge is 0.315 e. The topological polar surface area (TPSA) is 88.8 Å². The number of anilines is 2. The van der Waals surface area contributed by atoms with Crippen LogP contribution in [0.2, 0.25) is 10.0 Å². The first-order valence-electron chi connectivity index (χ1n) is 11.1. The average Bonchev–Trinajstić information content (AvgIpc) is 2.74. The number of rotatable bonds is 7. The van der Waals surface area contributed by atoms with Gasteiger partial charge in [-0.1, -0.05) is 49.2 Å². The second-order valence-corrected chi connectivity index (χ2v) is 9.48. The molecule has 2 heterocycles. The highest BCUT2D eigenvalue weighted by Gasteiger charge is 2.39. The Hall–Kier alpha value is -2.51. The van der Waals surface area contributed by atoms with Crippen LogP contribution in [0.5, 0.6) is 0 Å². The number of nitrogens with two attached hydrogens (primary N) is 1. The second-order valence-electron chi connectivity index (χ2n) is 8.60. The van der Waals surface area contributed by atoms with E-state index in [-0.39, 0.29) is 31.0 Å². The molecule has 7 nitrogen and oxygen atoms in total. The number of hydrogen-bond donors (Lipinski definition) is 1. The van der Waals surface area contributed by atoms with Gasteiger partial charge in [0.1, 0.15) is 6.42 Å². The van der Waals surface area contributed by atoms with Gasteiger partial charge in [-0.05, 0) is 43.0 Å². The number of pyridine rings is 1. The van der Waals surface area contributed by atoms with Crippen LogP contribution >= 0.6 is 23.2 Å². The molecule has 2 atom stereocenters. The van der Waals surface area contributed by atoms with Gasteiger partial charge < -0.3 is 20.3 Å². The summed E-state index contributed by atoms with van der Waals surface area (Å²) in [7, 11) is 0. The van der Waals surface area contributed by atoms with Crippen molar-refractivity contribution in [3.8, 4) is 0 Å². The number of carbonyl (C=O) groups is 2. The summed E-state index contributed by atoms with van der Waals surface area (Å²) in [5.41, 5.74) is 7.80. The average molecular weight is 493 g/mol. The van der Waals surface area contributed by atoms with E-state index in [1.165, 1.54) is 0 Å². The lowest BCUT2D eigenvalue weighted by atomic mass is 9.93. The van der Waals surface area contributed by atoms with Crippen molar-refractivity contribution in [2.75, 3.05) is 30.3 Å². The van der Waals surface area contributed by atoms with Crippen LogP contribution in [-0.2, 0) is 14.3 Å². The van der Waals surface area contributed by atoms with E-state index in [1.54, 1.807) is 24.1 Å². The predicted octanol–water partition coefficient (Wildman–Crippen LogP) is 4.73. The first-order valence-corrected chi connectivity index (χ1v) is 11.8. The van der Waals surface area contributed by atoms with E-state index in [1.807, 2.05) is 24.3 Å². The molecule has 2 N–H and O–H groups in total. The van der Waals surface area contributed by atoms with Gasteiger partial charge in [-0.15, -0.1) is 0 Å². The molecule has 0 saturated carbocycles. The maximum Gasteiger partial charge on any atom is 0.315 e. The molecule has 1 aromatic heterocycles. The Labute approximate surface area is 204 Å². The van der Waals surface area contributed by atoms with E-state index in [0.717, 1.165) is 12.0 Å². The quantitative estimate of drug-likeness (QED) is 0.443. The minimum absolute atomic E-state index is 0.0680. The van der Waals surface area contributed by atoms with Crippen LogP contribution in [0.1, 0.15) is 45.2 Å². The van der Waals surface area contributed by atoms with Gasteiger partial charge in [-0.25, -0.2) is 4.98 Å².